The maximum absolute atomic E-state index is 12.6. The standard InChI is InChI=1S/C23H28N2O3S2/c26-21(27)6-3-12-25-22(28)20(30-23(25)29)14-16-7-9-19(10-8-16)24-13-11-17-4-1-2-5-18(17)15-24/h7-10,14,17-18H,1-6,11-13,15H2,(H,26,27). The van der Waals surface area contributed by atoms with Crippen LogP contribution in [0.25, 0.3) is 6.08 Å². The summed E-state index contributed by atoms with van der Waals surface area (Å²) in [6.07, 6.45) is 9.19. The lowest BCUT2D eigenvalue weighted by atomic mass is 9.75. The first kappa shape index (κ1) is 21.4. The van der Waals surface area contributed by atoms with Crippen molar-refractivity contribution in [3.05, 3.63) is 34.7 Å². The van der Waals surface area contributed by atoms with Crippen LogP contribution in [-0.2, 0) is 9.59 Å². The Morgan fingerprint density at radius 1 is 1.17 bits per heavy atom. The molecule has 1 N–H and O–H groups in total. The molecule has 3 aliphatic rings. The van der Waals surface area contributed by atoms with Gasteiger partial charge in [-0.15, -0.1) is 0 Å². The van der Waals surface area contributed by atoms with Crippen molar-refractivity contribution in [3.8, 4) is 0 Å². The number of amides is 1. The highest BCUT2D eigenvalue weighted by molar-refractivity contribution is 8.26. The highest BCUT2D eigenvalue weighted by atomic mass is 32.2. The number of hydrogen-bond acceptors (Lipinski definition) is 5. The molecule has 1 saturated carbocycles. The van der Waals surface area contributed by atoms with Crippen molar-refractivity contribution < 1.29 is 14.7 Å². The Balaban J connectivity index is 1.38. The van der Waals surface area contributed by atoms with Crippen LogP contribution < -0.4 is 4.90 Å². The monoisotopic (exact) mass is 444 g/mol. The fourth-order valence-electron chi connectivity index (χ4n) is 4.85. The second kappa shape index (κ2) is 9.52. The van der Waals surface area contributed by atoms with Crippen molar-refractivity contribution >= 4 is 51.9 Å². The summed E-state index contributed by atoms with van der Waals surface area (Å²) in [7, 11) is 0. The number of piperidine rings is 1. The summed E-state index contributed by atoms with van der Waals surface area (Å²) in [4.78, 5) is 28.0. The minimum absolute atomic E-state index is 0.0374. The number of carbonyl (C=O) groups is 2. The SMILES string of the molecule is O=C(O)CCCN1C(=O)C(=Cc2ccc(N3CCC4CCCCC4C3)cc2)SC1=S. The van der Waals surface area contributed by atoms with E-state index >= 15 is 0 Å². The number of hydrogen-bond donors (Lipinski definition) is 1. The van der Waals surface area contributed by atoms with Gasteiger partial charge in [0.25, 0.3) is 5.91 Å². The van der Waals surface area contributed by atoms with Crippen LogP contribution in [0.5, 0.6) is 0 Å². The van der Waals surface area contributed by atoms with E-state index in [1.807, 2.05) is 6.08 Å². The van der Waals surface area contributed by atoms with Gasteiger partial charge in [-0.1, -0.05) is 55.4 Å². The number of nitrogens with zero attached hydrogens (tertiary/aromatic N) is 2. The summed E-state index contributed by atoms with van der Waals surface area (Å²) < 4.78 is 0.503. The molecule has 2 aliphatic heterocycles. The van der Waals surface area contributed by atoms with E-state index in [1.54, 1.807) is 0 Å². The normalized spacial score (nSPS) is 25.7. The van der Waals surface area contributed by atoms with Crippen LogP contribution in [0.4, 0.5) is 5.69 Å². The molecular formula is C23H28N2O3S2. The van der Waals surface area contributed by atoms with Crippen molar-refractivity contribution in [2.45, 2.75) is 44.9 Å². The third-order valence-electron chi connectivity index (χ3n) is 6.49. The molecule has 30 heavy (non-hydrogen) atoms. The molecule has 0 aromatic heterocycles. The Hall–Kier alpha value is -1.86. The minimum atomic E-state index is -0.858. The molecule has 1 aromatic carbocycles. The van der Waals surface area contributed by atoms with Crippen molar-refractivity contribution in [2.75, 3.05) is 24.5 Å². The molecule has 160 valence electrons. The highest BCUT2D eigenvalue weighted by Crippen LogP contribution is 2.38. The van der Waals surface area contributed by atoms with E-state index in [0.29, 0.717) is 22.2 Å². The number of aliphatic carboxylic acids is 1. The van der Waals surface area contributed by atoms with E-state index in [1.165, 1.54) is 61.0 Å². The van der Waals surface area contributed by atoms with Crippen LogP contribution in [0.3, 0.4) is 0 Å². The average molecular weight is 445 g/mol. The first-order chi connectivity index (χ1) is 14.5. The summed E-state index contributed by atoms with van der Waals surface area (Å²) in [6, 6.07) is 8.45. The molecule has 7 heteroatoms. The third kappa shape index (κ3) is 4.89. The molecule has 0 bridgehead atoms. The molecule has 1 aliphatic carbocycles. The minimum Gasteiger partial charge on any atom is -0.481 e. The largest absolute Gasteiger partial charge is 0.481 e. The highest BCUT2D eigenvalue weighted by Gasteiger charge is 2.32. The molecule has 0 radical (unpaired) electrons. The van der Waals surface area contributed by atoms with Crippen molar-refractivity contribution in [1.29, 1.82) is 0 Å². The van der Waals surface area contributed by atoms with Crippen LogP contribution in [0.1, 0.15) is 50.5 Å². The Morgan fingerprint density at radius 3 is 2.63 bits per heavy atom. The van der Waals surface area contributed by atoms with E-state index in [0.717, 1.165) is 23.9 Å². The second-order valence-electron chi connectivity index (χ2n) is 8.46. The lowest BCUT2D eigenvalue weighted by Crippen LogP contribution is -2.41. The van der Waals surface area contributed by atoms with Crippen LogP contribution in [0.2, 0.25) is 0 Å². The number of fused-ring (bicyclic) bond motifs is 1. The smallest absolute Gasteiger partial charge is 0.303 e. The Morgan fingerprint density at radius 2 is 1.90 bits per heavy atom. The van der Waals surface area contributed by atoms with Gasteiger partial charge in [0.1, 0.15) is 4.32 Å². The zero-order chi connectivity index (χ0) is 21.1. The molecule has 0 spiro atoms. The molecule has 1 amide bonds. The van der Waals surface area contributed by atoms with E-state index in [-0.39, 0.29) is 12.3 Å². The van der Waals surface area contributed by atoms with Gasteiger partial charge in [0.2, 0.25) is 0 Å². The number of anilines is 1. The number of carboxylic acids is 1. The van der Waals surface area contributed by atoms with Gasteiger partial charge in [0, 0.05) is 31.7 Å². The van der Waals surface area contributed by atoms with E-state index in [4.69, 9.17) is 17.3 Å². The molecule has 3 fully saturated rings. The van der Waals surface area contributed by atoms with E-state index < -0.39 is 5.97 Å². The lowest BCUT2D eigenvalue weighted by molar-refractivity contribution is -0.137. The molecule has 2 heterocycles. The fraction of sp³-hybridized carbons (Fsp3) is 0.522. The summed E-state index contributed by atoms with van der Waals surface area (Å²) in [6.45, 7) is 2.65. The predicted octanol–water partition coefficient (Wildman–Crippen LogP) is 4.77. The first-order valence-electron chi connectivity index (χ1n) is 10.8. The van der Waals surface area contributed by atoms with E-state index in [2.05, 4.69) is 29.2 Å². The van der Waals surface area contributed by atoms with Gasteiger partial charge in [0.05, 0.1) is 4.91 Å². The summed E-state index contributed by atoms with van der Waals surface area (Å²) in [5.74, 6) is 0.782. The number of rotatable bonds is 6. The third-order valence-corrected chi connectivity index (χ3v) is 7.87. The Labute approximate surface area is 187 Å². The molecule has 2 unspecified atom stereocenters. The first-order valence-corrected chi connectivity index (χ1v) is 12.1. The Bertz CT molecular complexity index is 853. The molecule has 5 nitrogen and oxygen atoms in total. The fourth-order valence-corrected chi connectivity index (χ4v) is 6.16. The molecule has 2 atom stereocenters. The molecular weight excluding hydrogens is 416 g/mol. The van der Waals surface area contributed by atoms with Gasteiger partial charge in [-0.3, -0.25) is 14.5 Å². The van der Waals surface area contributed by atoms with Crippen molar-refractivity contribution in [2.24, 2.45) is 11.8 Å². The molecule has 4 rings (SSSR count). The summed E-state index contributed by atoms with van der Waals surface area (Å²) >= 11 is 6.61. The van der Waals surface area contributed by atoms with Gasteiger partial charge in [-0.05, 0) is 54.9 Å². The number of carbonyl (C=O) groups excluding carboxylic acids is 1. The second-order valence-corrected chi connectivity index (χ2v) is 10.1. The van der Waals surface area contributed by atoms with Crippen LogP contribution in [-0.4, -0.2) is 45.8 Å². The zero-order valence-electron chi connectivity index (χ0n) is 17.1. The number of thiocarbonyl (C=S) groups is 1. The maximum atomic E-state index is 12.6. The average Bonchev–Trinajstić information content (AvgIpc) is 3.01. The van der Waals surface area contributed by atoms with Crippen LogP contribution in [0, 0.1) is 11.8 Å². The van der Waals surface area contributed by atoms with Gasteiger partial charge in [-0.25, -0.2) is 0 Å². The summed E-state index contributed by atoms with van der Waals surface area (Å²) in [5, 5.41) is 8.78. The number of benzene rings is 1. The molecule has 1 aromatic rings. The van der Waals surface area contributed by atoms with Crippen molar-refractivity contribution in [1.82, 2.24) is 4.90 Å². The number of thioether (sulfide) groups is 1. The lowest BCUT2D eigenvalue weighted by Gasteiger charge is -2.42. The van der Waals surface area contributed by atoms with Gasteiger partial charge < -0.3 is 10.0 Å². The molecule has 2 saturated heterocycles. The van der Waals surface area contributed by atoms with Gasteiger partial charge in [0.15, 0.2) is 0 Å². The van der Waals surface area contributed by atoms with Crippen LogP contribution in [0.15, 0.2) is 29.2 Å². The topological polar surface area (TPSA) is 60.9 Å². The van der Waals surface area contributed by atoms with Gasteiger partial charge >= 0.3 is 5.97 Å². The van der Waals surface area contributed by atoms with E-state index in [9.17, 15) is 9.59 Å². The van der Waals surface area contributed by atoms with Gasteiger partial charge in [-0.2, -0.15) is 0 Å². The van der Waals surface area contributed by atoms with Crippen molar-refractivity contribution in [3.63, 3.8) is 0 Å². The summed E-state index contributed by atoms with van der Waals surface area (Å²) in [5.41, 5.74) is 2.25. The Kier molecular flexibility index (Phi) is 6.78. The zero-order valence-corrected chi connectivity index (χ0v) is 18.7. The van der Waals surface area contributed by atoms with Crippen LogP contribution >= 0.6 is 24.0 Å². The maximum Gasteiger partial charge on any atom is 0.303 e. The quantitative estimate of drug-likeness (QED) is 0.504. The number of carboxylic acid groups (broad SMARTS) is 1. The predicted molar refractivity (Wildman–Crippen MR) is 125 cm³/mol.